The van der Waals surface area contributed by atoms with E-state index in [0.717, 1.165) is 22.4 Å². The van der Waals surface area contributed by atoms with Crippen molar-refractivity contribution in [2.45, 2.75) is 50.3 Å². The fraction of sp³-hybridized carbons (Fsp3) is 0.391. The van der Waals surface area contributed by atoms with Gasteiger partial charge in [-0.3, -0.25) is 9.59 Å². The normalized spacial score (nSPS) is 22.8. The number of rotatable bonds is 3. The number of anilines is 1. The summed E-state index contributed by atoms with van der Waals surface area (Å²) in [6.45, 7) is 9.24. The Hall–Kier alpha value is -2.27. The predicted octanol–water partition coefficient (Wildman–Crippen LogP) is 4.46. The maximum absolute atomic E-state index is 13.9. The molecule has 1 atom stereocenters. The number of nitrogens with zero attached hydrogens (tertiary/aromatic N) is 2. The number of hydrogen-bond acceptors (Lipinski definition) is 3. The van der Waals surface area contributed by atoms with E-state index in [0.29, 0.717) is 19.5 Å². The predicted molar refractivity (Wildman–Crippen MR) is 114 cm³/mol. The molecular weight excluding hydrogens is 368 g/mol. The van der Waals surface area contributed by atoms with Crippen LogP contribution in [0.3, 0.4) is 0 Å². The molecule has 28 heavy (non-hydrogen) atoms. The van der Waals surface area contributed by atoms with Gasteiger partial charge in [-0.15, -0.1) is 11.8 Å². The van der Waals surface area contributed by atoms with Crippen LogP contribution in [0, 0.1) is 6.92 Å². The summed E-state index contributed by atoms with van der Waals surface area (Å²) in [5.41, 5.74) is 4.13. The number of fused-ring (bicyclic) bond motifs is 2. The summed E-state index contributed by atoms with van der Waals surface area (Å²) in [7, 11) is 0. The van der Waals surface area contributed by atoms with Gasteiger partial charge in [0.15, 0.2) is 4.87 Å². The summed E-state index contributed by atoms with van der Waals surface area (Å²) in [5.74, 6) is 0.0216. The third kappa shape index (κ3) is 2.75. The van der Waals surface area contributed by atoms with Gasteiger partial charge in [0.25, 0.3) is 5.91 Å². The number of para-hydroxylation sites is 1. The Morgan fingerprint density at radius 1 is 1.11 bits per heavy atom. The van der Waals surface area contributed by atoms with Crippen molar-refractivity contribution in [1.29, 1.82) is 0 Å². The number of amides is 2. The fourth-order valence-electron chi connectivity index (χ4n) is 4.31. The lowest BCUT2D eigenvalue weighted by atomic mass is 10.0. The molecule has 1 spiro atoms. The van der Waals surface area contributed by atoms with Crippen molar-refractivity contribution < 1.29 is 9.59 Å². The highest BCUT2D eigenvalue weighted by Crippen LogP contribution is 2.59. The second-order valence-corrected chi connectivity index (χ2v) is 10.1. The Morgan fingerprint density at radius 2 is 1.79 bits per heavy atom. The van der Waals surface area contributed by atoms with Crippen LogP contribution in [-0.4, -0.2) is 28.0 Å². The molecule has 0 saturated carbocycles. The van der Waals surface area contributed by atoms with Gasteiger partial charge in [0, 0.05) is 23.3 Å². The molecule has 4 rings (SSSR count). The van der Waals surface area contributed by atoms with Crippen molar-refractivity contribution >= 4 is 29.3 Å². The van der Waals surface area contributed by atoms with E-state index >= 15 is 0 Å². The molecule has 0 aromatic heterocycles. The van der Waals surface area contributed by atoms with Crippen molar-refractivity contribution in [3.05, 3.63) is 65.2 Å². The van der Waals surface area contributed by atoms with Gasteiger partial charge in [-0.1, -0.05) is 49.4 Å². The summed E-state index contributed by atoms with van der Waals surface area (Å²) < 4.78 is -0.188. The molecule has 0 bridgehead atoms. The number of carbonyl (C=O) groups excluding carboxylic acids is 2. The summed E-state index contributed by atoms with van der Waals surface area (Å²) >= 11 is 1.61. The van der Waals surface area contributed by atoms with Crippen LogP contribution in [0.15, 0.2) is 48.5 Å². The van der Waals surface area contributed by atoms with E-state index in [4.69, 9.17) is 0 Å². The lowest BCUT2D eigenvalue weighted by Gasteiger charge is -2.33. The molecular formula is C23H26N2O2S. The molecule has 1 saturated heterocycles. The average molecular weight is 395 g/mol. The van der Waals surface area contributed by atoms with Crippen LogP contribution in [-0.2, 0) is 21.0 Å². The molecule has 2 aliphatic heterocycles. The summed E-state index contributed by atoms with van der Waals surface area (Å²) in [6.07, 6.45) is 0.394. The number of thioether (sulfide) groups is 1. The lowest BCUT2D eigenvalue weighted by Crippen LogP contribution is -2.50. The number of benzene rings is 2. The van der Waals surface area contributed by atoms with Crippen LogP contribution in [0.1, 0.15) is 43.9 Å². The van der Waals surface area contributed by atoms with Crippen LogP contribution in [0.5, 0.6) is 0 Å². The Balaban J connectivity index is 1.85. The number of hydrogen-bond donors (Lipinski definition) is 0. The topological polar surface area (TPSA) is 40.6 Å². The summed E-state index contributed by atoms with van der Waals surface area (Å²) in [4.78, 5) is 29.5. The first-order chi connectivity index (χ1) is 13.3. The van der Waals surface area contributed by atoms with Crippen LogP contribution in [0.2, 0.25) is 0 Å². The van der Waals surface area contributed by atoms with E-state index in [1.54, 1.807) is 11.8 Å². The molecule has 0 unspecified atom stereocenters. The average Bonchev–Trinajstić information content (AvgIpc) is 3.09. The lowest BCUT2D eigenvalue weighted by molar-refractivity contribution is -0.140. The molecule has 2 heterocycles. The maximum atomic E-state index is 13.9. The molecule has 2 amide bonds. The smallest absolute Gasteiger partial charge is 0.268 e. The van der Waals surface area contributed by atoms with Gasteiger partial charge in [0.1, 0.15) is 0 Å². The molecule has 2 aromatic carbocycles. The molecule has 2 aliphatic rings. The van der Waals surface area contributed by atoms with E-state index in [9.17, 15) is 9.59 Å². The minimum absolute atomic E-state index is 0.00525. The standard InChI is InChI=1S/C23H26N2O2S/c1-5-20(26)25-15-22(3,4)28-23(25)18-12-8-9-13-19(18)24(21(23)27)14-17-11-7-6-10-16(17)2/h6-13H,5,14-15H2,1-4H3/t23-/m0/s1. The van der Waals surface area contributed by atoms with Crippen LogP contribution < -0.4 is 4.90 Å². The SMILES string of the molecule is CCC(=O)N1CC(C)(C)S[C@@]12C(=O)N(Cc1ccccc1C)c1ccccc12. The Bertz CT molecular complexity index is 955. The second kappa shape index (κ2) is 6.66. The highest BCUT2D eigenvalue weighted by Gasteiger charge is 2.63. The number of aryl methyl sites for hydroxylation is 1. The summed E-state index contributed by atoms with van der Waals surface area (Å²) in [6, 6.07) is 16.1. The van der Waals surface area contributed by atoms with Gasteiger partial charge in [-0.25, -0.2) is 0 Å². The molecule has 4 nitrogen and oxygen atoms in total. The summed E-state index contributed by atoms with van der Waals surface area (Å²) in [5, 5.41) is 0. The second-order valence-electron chi connectivity index (χ2n) is 8.17. The van der Waals surface area contributed by atoms with Crippen molar-refractivity contribution in [2.75, 3.05) is 11.4 Å². The monoisotopic (exact) mass is 394 g/mol. The van der Waals surface area contributed by atoms with Crippen LogP contribution in [0.4, 0.5) is 5.69 Å². The molecule has 0 N–H and O–H groups in total. The van der Waals surface area contributed by atoms with Gasteiger partial charge in [0.05, 0.1) is 12.2 Å². The Morgan fingerprint density at radius 3 is 2.50 bits per heavy atom. The maximum Gasteiger partial charge on any atom is 0.268 e. The quantitative estimate of drug-likeness (QED) is 0.772. The van der Waals surface area contributed by atoms with E-state index < -0.39 is 4.87 Å². The first-order valence-corrected chi connectivity index (χ1v) is 10.6. The van der Waals surface area contributed by atoms with Gasteiger partial charge in [-0.05, 0) is 38.0 Å². The largest absolute Gasteiger partial charge is 0.314 e. The van der Waals surface area contributed by atoms with Crippen LogP contribution >= 0.6 is 11.8 Å². The van der Waals surface area contributed by atoms with Gasteiger partial charge in [-0.2, -0.15) is 0 Å². The minimum atomic E-state index is -0.962. The van der Waals surface area contributed by atoms with Gasteiger partial charge in [0.2, 0.25) is 5.91 Å². The Labute approximate surface area is 170 Å². The highest BCUT2D eigenvalue weighted by atomic mass is 32.2. The first-order valence-electron chi connectivity index (χ1n) is 9.77. The zero-order valence-electron chi connectivity index (χ0n) is 16.9. The van der Waals surface area contributed by atoms with Gasteiger partial charge >= 0.3 is 0 Å². The molecule has 146 valence electrons. The van der Waals surface area contributed by atoms with Gasteiger partial charge < -0.3 is 9.80 Å². The third-order valence-electron chi connectivity index (χ3n) is 5.63. The van der Waals surface area contributed by atoms with E-state index in [1.807, 2.05) is 53.1 Å². The van der Waals surface area contributed by atoms with Crippen molar-refractivity contribution in [2.24, 2.45) is 0 Å². The van der Waals surface area contributed by atoms with Crippen molar-refractivity contribution in [1.82, 2.24) is 4.90 Å². The molecule has 0 aliphatic carbocycles. The number of carbonyl (C=O) groups is 2. The molecule has 0 radical (unpaired) electrons. The highest BCUT2D eigenvalue weighted by molar-refractivity contribution is 8.02. The minimum Gasteiger partial charge on any atom is -0.314 e. The van der Waals surface area contributed by atoms with E-state index in [1.165, 1.54) is 0 Å². The first kappa shape index (κ1) is 19.1. The zero-order valence-corrected chi connectivity index (χ0v) is 17.7. The molecule has 5 heteroatoms. The fourth-order valence-corrected chi connectivity index (χ4v) is 6.06. The van der Waals surface area contributed by atoms with Crippen LogP contribution in [0.25, 0.3) is 0 Å². The zero-order chi connectivity index (χ0) is 20.1. The van der Waals surface area contributed by atoms with Crippen molar-refractivity contribution in [3.63, 3.8) is 0 Å². The van der Waals surface area contributed by atoms with E-state index in [-0.39, 0.29) is 16.6 Å². The molecule has 2 aromatic rings. The van der Waals surface area contributed by atoms with E-state index in [2.05, 4.69) is 32.9 Å². The Kier molecular flexibility index (Phi) is 4.53. The van der Waals surface area contributed by atoms with Crippen molar-refractivity contribution in [3.8, 4) is 0 Å². The molecule has 1 fully saturated rings. The third-order valence-corrected chi connectivity index (χ3v) is 7.22.